The number of nitrogen functional groups attached to an aromatic ring is 1. The Bertz CT molecular complexity index is 1470. The zero-order valence-electron chi connectivity index (χ0n) is 20.9. The summed E-state index contributed by atoms with van der Waals surface area (Å²) in [4.78, 5) is 44.9. The van der Waals surface area contributed by atoms with Gasteiger partial charge in [0.2, 0.25) is 11.8 Å². The van der Waals surface area contributed by atoms with Gasteiger partial charge in [-0.3, -0.25) is 14.9 Å². The molecule has 1 aliphatic heterocycles. The first kappa shape index (κ1) is 27.7. The topological polar surface area (TPSA) is 151 Å². The van der Waals surface area contributed by atoms with Gasteiger partial charge < -0.3 is 26.1 Å². The number of rotatable bonds is 4. The molecule has 0 aliphatic carbocycles. The maximum atomic E-state index is 12.8. The van der Waals surface area contributed by atoms with Gasteiger partial charge >= 0.3 is 6.09 Å². The molecule has 0 fully saturated rings. The number of carbonyl (C=O) groups is 3. The Hall–Kier alpha value is -4.28. The summed E-state index contributed by atoms with van der Waals surface area (Å²) in [6, 6.07) is 9.36. The Balaban J connectivity index is 1.65. The lowest BCUT2D eigenvalue weighted by Crippen LogP contribution is -2.27. The fourth-order valence-corrected chi connectivity index (χ4v) is 4.33. The van der Waals surface area contributed by atoms with E-state index >= 15 is 0 Å². The third-order valence-electron chi connectivity index (χ3n) is 5.84. The number of ether oxygens (including phenoxy) is 1. The molecular weight excluding hydrogens is 543 g/mol. The van der Waals surface area contributed by atoms with Crippen LogP contribution in [0.5, 0.6) is 0 Å². The van der Waals surface area contributed by atoms with Gasteiger partial charge in [0.1, 0.15) is 16.7 Å². The van der Waals surface area contributed by atoms with Crippen molar-refractivity contribution in [1.82, 2.24) is 15.3 Å². The Morgan fingerprint density at radius 2 is 2.00 bits per heavy atom. The maximum absolute atomic E-state index is 12.8. The van der Waals surface area contributed by atoms with Crippen molar-refractivity contribution < 1.29 is 19.1 Å². The summed E-state index contributed by atoms with van der Waals surface area (Å²) < 4.78 is 4.65. The summed E-state index contributed by atoms with van der Waals surface area (Å²) >= 11 is 12.6. The van der Waals surface area contributed by atoms with Crippen molar-refractivity contribution in [1.29, 1.82) is 0 Å². The smallest absolute Gasteiger partial charge is 0.411 e. The second-order valence-corrected chi connectivity index (χ2v) is 9.44. The number of nitrogens with one attached hydrogen (secondary N) is 4. The largest absolute Gasteiger partial charge is 0.453 e. The minimum atomic E-state index is -0.651. The number of allylic oxidation sites excluding steroid dienone is 1. The second kappa shape index (κ2) is 12.5. The predicted octanol–water partition coefficient (Wildman–Crippen LogP) is 5.69. The van der Waals surface area contributed by atoms with Crippen LogP contribution in [0.15, 0.2) is 54.6 Å². The van der Waals surface area contributed by atoms with Crippen LogP contribution in [0.2, 0.25) is 10.2 Å². The summed E-state index contributed by atoms with van der Waals surface area (Å²) in [6.07, 6.45) is 7.15. The van der Waals surface area contributed by atoms with Crippen LogP contribution in [0.4, 0.5) is 21.9 Å². The fourth-order valence-electron chi connectivity index (χ4n) is 3.90. The first-order chi connectivity index (χ1) is 18.7. The van der Waals surface area contributed by atoms with Crippen LogP contribution in [-0.2, 0) is 14.3 Å². The molecule has 1 aliphatic rings. The molecule has 202 valence electrons. The average Bonchev–Trinajstić information content (AvgIpc) is 3.29. The number of anilines is 3. The first-order valence-electron chi connectivity index (χ1n) is 12.0. The number of carbonyl (C=O) groups excluding carboxylic acids is 3. The number of amides is 3. The highest BCUT2D eigenvalue weighted by atomic mass is 35.5. The molecule has 4 rings (SSSR count). The van der Waals surface area contributed by atoms with E-state index in [1.165, 1.54) is 13.2 Å². The van der Waals surface area contributed by atoms with E-state index in [2.05, 4.69) is 30.7 Å². The Morgan fingerprint density at radius 1 is 1.18 bits per heavy atom. The van der Waals surface area contributed by atoms with E-state index in [9.17, 15) is 14.4 Å². The number of imidazole rings is 1. The molecule has 0 spiro atoms. The first-order valence-corrected chi connectivity index (χ1v) is 12.7. The van der Waals surface area contributed by atoms with Crippen LogP contribution in [0, 0.1) is 0 Å². The lowest BCUT2D eigenvalue weighted by molar-refractivity contribution is -0.117. The van der Waals surface area contributed by atoms with Crippen molar-refractivity contribution in [3.63, 3.8) is 0 Å². The van der Waals surface area contributed by atoms with Gasteiger partial charge in [-0.25, -0.2) is 9.78 Å². The summed E-state index contributed by atoms with van der Waals surface area (Å²) in [5.41, 5.74) is 8.79. The molecule has 3 aromatic rings. The van der Waals surface area contributed by atoms with Gasteiger partial charge in [-0.1, -0.05) is 35.4 Å². The number of aromatic amines is 1. The molecule has 1 atom stereocenters. The number of aromatic nitrogens is 2. The number of H-pyrrole nitrogens is 1. The van der Waals surface area contributed by atoms with Crippen molar-refractivity contribution in [2.45, 2.75) is 25.3 Å². The minimum Gasteiger partial charge on any atom is -0.453 e. The molecule has 0 saturated heterocycles. The van der Waals surface area contributed by atoms with Crippen LogP contribution in [0.1, 0.15) is 36.7 Å². The normalized spacial score (nSPS) is 16.2. The van der Waals surface area contributed by atoms with Crippen molar-refractivity contribution in [3.8, 4) is 11.3 Å². The number of hydrogen-bond donors (Lipinski definition) is 5. The lowest BCUT2D eigenvalue weighted by atomic mass is 10.1. The molecule has 39 heavy (non-hydrogen) atoms. The molecule has 2 heterocycles. The van der Waals surface area contributed by atoms with Gasteiger partial charge in [0.25, 0.3) is 0 Å². The second-order valence-electron chi connectivity index (χ2n) is 8.62. The number of fused-ring (bicyclic) bond motifs is 4. The third kappa shape index (κ3) is 7.18. The molecule has 1 aromatic heterocycles. The SMILES string of the molecule is COC(=O)Nc1ccc2c(c1)NC(=O)CC/C=C/C[C@H](NC(=O)/C=C/c1cc(Cl)ccc1N)c1nc-2c(Cl)[nH]1. The average molecular weight is 569 g/mol. The van der Waals surface area contributed by atoms with E-state index in [0.29, 0.717) is 57.6 Å². The van der Waals surface area contributed by atoms with Gasteiger partial charge in [0.15, 0.2) is 0 Å². The maximum Gasteiger partial charge on any atom is 0.411 e. The van der Waals surface area contributed by atoms with Crippen molar-refractivity contribution >= 4 is 64.2 Å². The quantitative estimate of drug-likeness (QED) is 0.155. The summed E-state index contributed by atoms with van der Waals surface area (Å²) in [7, 11) is 1.25. The van der Waals surface area contributed by atoms with Gasteiger partial charge in [0.05, 0.1) is 18.8 Å². The molecule has 12 heteroatoms. The highest BCUT2D eigenvalue weighted by Gasteiger charge is 2.22. The van der Waals surface area contributed by atoms with Crippen LogP contribution in [-0.4, -0.2) is 35.0 Å². The van der Waals surface area contributed by atoms with E-state index in [-0.39, 0.29) is 23.4 Å². The molecule has 0 radical (unpaired) electrons. The van der Waals surface area contributed by atoms with E-state index in [0.717, 1.165) is 0 Å². The molecule has 2 aromatic carbocycles. The molecule has 10 nitrogen and oxygen atoms in total. The predicted molar refractivity (Wildman–Crippen MR) is 152 cm³/mol. The summed E-state index contributed by atoms with van der Waals surface area (Å²) in [5, 5.41) is 9.10. The van der Waals surface area contributed by atoms with Crippen molar-refractivity contribution in [3.05, 3.63) is 76.2 Å². The molecule has 0 saturated carbocycles. The lowest BCUT2D eigenvalue weighted by Gasteiger charge is -2.14. The van der Waals surface area contributed by atoms with Gasteiger partial charge in [0, 0.05) is 34.5 Å². The summed E-state index contributed by atoms with van der Waals surface area (Å²) in [6.45, 7) is 0. The van der Waals surface area contributed by atoms with Gasteiger partial charge in [-0.15, -0.1) is 0 Å². The fraction of sp³-hybridized carbons (Fsp3) is 0.185. The highest BCUT2D eigenvalue weighted by molar-refractivity contribution is 6.32. The van der Waals surface area contributed by atoms with Crippen LogP contribution in [0.3, 0.4) is 0 Å². The molecule has 2 bridgehead atoms. The summed E-state index contributed by atoms with van der Waals surface area (Å²) in [5.74, 6) is -0.170. The van der Waals surface area contributed by atoms with Crippen molar-refractivity contribution in [2.24, 2.45) is 0 Å². The van der Waals surface area contributed by atoms with Crippen LogP contribution < -0.4 is 21.7 Å². The van der Waals surface area contributed by atoms with Crippen molar-refractivity contribution in [2.75, 3.05) is 23.5 Å². The Labute approximate surface area is 234 Å². The minimum absolute atomic E-state index is 0.219. The van der Waals surface area contributed by atoms with Crippen LogP contribution in [0.25, 0.3) is 17.3 Å². The number of methoxy groups -OCH3 is 1. The van der Waals surface area contributed by atoms with E-state index < -0.39 is 12.1 Å². The van der Waals surface area contributed by atoms with Gasteiger partial charge in [-0.2, -0.15) is 0 Å². The zero-order valence-corrected chi connectivity index (χ0v) is 22.4. The van der Waals surface area contributed by atoms with E-state index in [4.69, 9.17) is 28.9 Å². The Morgan fingerprint density at radius 3 is 2.79 bits per heavy atom. The monoisotopic (exact) mass is 568 g/mol. The Kier molecular flexibility index (Phi) is 8.90. The van der Waals surface area contributed by atoms with E-state index in [1.807, 2.05) is 12.2 Å². The number of benzene rings is 2. The zero-order chi connectivity index (χ0) is 27.9. The number of halogens is 2. The standard InChI is InChI=1S/C27H26Cl2N6O4/c1-39-27(38)31-17-9-10-18-21(14-17)33-22(36)6-4-2-3-5-20(26-34-24(18)25(29)35-26)32-23(37)12-7-15-13-16(28)8-11-19(15)30/h2-3,7-14,20H,4-6,30H2,1H3,(H,31,38)(H,32,37)(H,33,36)(H,34,35)/b3-2+,12-7+/t20-/m0/s1. The number of nitrogens with two attached hydrogens (primary N) is 1. The molecule has 3 amide bonds. The molecule has 0 unspecified atom stereocenters. The molecular formula is C27H26Cl2N6O4. The molecule has 6 N–H and O–H groups in total. The number of hydrogen-bond acceptors (Lipinski definition) is 6. The third-order valence-corrected chi connectivity index (χ3v) is 6.35. The van der Waals surface area contributed by atoms with E-state index in [1.54, 1.807) is 42.5 Å². The van der Waals surface area contributed by atoms with Crippen LogP contribution >= 0.6 is 23.2 Å². The number of nitrogens with zero attached hydrogens (tertiary/aromatic N) is 1. The highest BCUT2D eigenvalue weighted by Crippen LogP contribution is 2.35. The van der Waals surface area contributed by atoms with Gasteiger partial charge in [-0.05, 0) is 60.9 Å².